The monoisotopic (exact) mass is 447 g/mol. The zero-order valence-electron chi connectivity index (χ0n) is 20.3. The van der Waals surface area contributed by atoms with Crippen LogP contribution in [0, 0.1) is 6.92 Å². The van der Waals surface area contributed by atoms with Crippen LogP contribution in [0.3, 0.4) is 0 Å². The van der Waals surface area contributed by atoms with E-state index in [2.05, 4.69) is 40.4 Å². The predicted octanol–water partition coefficient (Wildman–Crippen LogP) is 3.65. The largest absolute Gasteiger partial charge is 0.496 e. The van der Waals surface area contributed by atoms with Gasteiger partial charge in [0.25, 0.3) is 5.91 Å². The molecule has 0 saturated carbocycles. The highest BCUT2D eigenvalue weighted by Gasteiger charge is 2.29. The lowest BCUT2D eigenvalue weighted by Gasteiger charge is -2.44. The van der Waals surface area contributed by atoms with Gasteiger partial charge >= 0.3 is 0 Å². The molecule has 174 valence electrons. The summed E-state index contributed by atoms with van der Waals surface area (Å²) in [5.74, 6) is 0.690. The van der Waals surface area contributed by atoms with Gasteiger partial charge in [0.15, 0.2) is 0 Å². The third-order valence-electron chi connectivity index (χ3n) is 6.51. The molecule has 1 saturated heterocycles. The summed E-state index contributed by atoms with van der Waals surface area (Å²) in [5.41, 5.74) is 5.73. The number of carbonyl (C=O) groups excluding carboxylic acids is 1. The summed E-state index contributed by atoms with van der Waals surface area (Å²) >= 11 is 0. The normalized spacial score (nSPS) is 14.8. The zero-order valence-corrected chi connectivity index (χ0v) is 20.3. The fourth-order valence-electron chi connectivity index (χ4n) is 4.18. The lowest BCUT2D eigenvalue weighted by Crippen LogP contribution is -2.57. The van der Waals surface area contributed by atoms with Gasteiger partial charge in [-0.3, -0.25) is 9.48 Å². The second-order valence-corrected chi connectivity index (χ2v) is 9.08. The molecule has 0 unspecified atom stereocenters. The summed E-state index contributed by atoms with van der Waals surface area (Å²) in [6, 6.07) is 12.6. The number of nitrogens with zero attached hydrogens (tertiary/aromatic N) is 4. The van der Waals surface area contributed by atoms with Crippen LogP contribution in [0.2, 0.25) is 0 Å². The Kier molecular flexibility index (Phi) is 6.42. The van der Waals surface area contributed by atoms with Gasteiger partial charge in [0.1, 0.15) is 5.75 Å². The van der Waals surface area contributed by atoms with Crippen molar-refractivity contribution in [2.24, 2.45) is 7.05 Å². The summed E-state index contributed by atoms with van der Waals surface area (Å²) in [6.07, 6.45) is 3.77. The number of aromatic nitrogens is 2. The number of hydrogen-bond acceptors (Lipinski definition) is 5. The Morgan fingerprint density at radius 2 is 1.97 bits per heavy atom. The molecule has 0 aliphatic carbocycles. The van der Waals surface area contributed by atoms with Crippen LogP contribution in [0.25, 0.3) is 11.1 Å². The van der Waals surface area contributed by atoms with Crippen molar-refractivity contribution in [2.75, 3.05) is 39.2 Å². The minimum Gasteiger partial charge on any atom is -0.496 e. The Hall–Kier alpha value is -3.32. The van der Waals surface area contributed by atoms with Crippen molar-refractivity contribution < 1.29 is 9.53 Å². The number of ether oxygens (including phenoxy) is 1. The van der Waals surface area contributed by atoms with E-state index < -0.39 is 0 Å². The lowest BCUT2D eigenvalue weighted by atomic mass is 10.0. The van der Waals surface area contributed by atoms with Crippen LogP contribution in [-0.4, -0.2) is 60.9 Å². The summed E-state index contributed by atoms with van der Waals surface area (Å²) < 4.78 is 7.40. The first-order chi connectivity index (χ1) is 15.8. The quantitative estimate of drug-likeness (QED) is 0.599. The van der Waals surface area contributed by atoms with Crippen molar-refractivity contribution in [3.63, 3.8) is 0 Å². The van der Waals surface area contributed by atoms with Gasteiger partial charge < -0.3 is 19.9 Å². The Morgan fingerprint density at radius 3 is 2.61 bits per heavy atom. The average Bonchev–Trinajstić information content (AvgIpc) is 3.19. The van der Waals surface area contributed by atoms with Crippen molar-refractivity contribution in [2.45, 2.75) is 25.9 Å². The predicted molar refractivity (Wildman–Crippen MR) is 132 cm³/mol. The number of methoxy groups -OCH3 is 1. The first-order valence-electron chi connectivity index (χ1n) is 11.3. The molecule has 0 bridgehead atoms. The summed E-state index contributed by atoms with van der Waals surface area (Å²) in [4.78, 5) is 17.7. The highest BCUT2D eigenvalue weighted by Crippen LogP contribution is 2.32. The number of aryl methyl sites for hydroxylation is 2. The highest BCUT2D eigenvalue weighted by molar-refractivity contribution is 5.97. The fourth-order valence-corrected chi connectivity index (χ4v) is 4.18. The topological polar surface area (TPSA) is 62.6 Å². The van der Waals surface area contributed by atoms with Gasteiger partial charge in [-0.1, -0.05) is 18.2 Å². The van der Waals surface area contributed by atoms with Crippen LogP contribution in [0.5, 0.6) is 5.75 Å². The van der Waals surface area contributed by atoms with Crippen molar-refractivity contribution in [3.05, 3.63) is 65.5 Å². The SMILES string of the molecule is COc1cc([C@@H](C)NC(=O)c2cc(N3CC(N(C)C)C3)ccc2C)ccc1-c1cnn(C)c1. The summed E-state index contributed by atoms with van der Waals surface area (Å²) in [7, 11) is 7.76. The Bertz CT molecular complexity index is 1150. The Morgan fingerprint density at radius 1 is 1.21 bits per heavy atom. The van der Waals surface area contributed by atoms with Crippen molar-refractivity contribution in [1.29, 1.82) is 0 Å². The van der Waals surface area contributed by atoms with Gasteiger partial charge in [0.05, 0.1) is 19.3 Å². The van der Waals surface area contributed by atoms with Crippen molar-refractivity contribution in [1.82, 2.24) is 20.0 Å². The van der Waals surface area contributed by atoms with E-state index >= 15 is 0 Å². The Labute approximate surface area is 196 Å². The minimum absolute atomic E-state index is 0.0677. The zero-order chi connectivity index (χ0) is 23.7. The molecule has 1 aliphatic rings. The molecule has 4 rings (SSSR count). The molecule has 3 aromatic rings. The molecule has 2 heterocycles. The van der Waals surface area contributed by atoms with Crippen LogP contribution < -0.4 is 15.0 Å². The van der Waals surface area contributed by atoms with Crippen LogP contribution in [0.4, 0.5) is 5.69 Å². The lowest BCUT2D eigenvalue weighted by molar-refractivity contribution is 0.0939. The standard InChI is InChI=1S/C26H33N5O2/c1-17-7-9-21(31-15-22(16-31)29(3)4)12-24(17)26(32)28-18(2)19-8-10-23(25(11-19)33-6)20-13-27-30(5)14-20/h7-14,18,22H,15-16H2,1-6H3,(H,28,32)/t18-/m1/s1. The highest BCUT2D eigenvalue weighted by atomic mass is 16.5. The molecule has 1 amide bonds. The van der Waals surface area contributed by atoms with E-state index in [4.69, 9.17) is 4.74 Å². The second kappa shape index (κ2) is 9.27. The molecule has 1 atom stereocenters. The van der Waals surface area contributed by atoms with Gasteiger partial charge in [-0.05, 0) is 57.3 Å². The van der Waals surface area contributed by atoms with Crippen molar-refractivity contribution in [3.8, 4) is 16.9 Å². The molecule has 0 spiro atoms. The molecule has 1 fully saturated rings. The molecular weight excluding hydrogens is 414 g/mol. The van der Waals surface area contributed by atoms with Gasteiger partial charge in [0.2, 0.25) is 0 Å². The van der Waals surface area contributed by atoms with Gasteiger partial charge in [-0.25, -0.2) is 0 Å². The molecule has 1 aromatic heterocycles. The van der Waals surface area contributed by atoms with E-state index in [9.17, 15) is 4.79 Å². The van der Waals surface area contributed by atoms with E-state index in [1.165, 1.54) is 0 Å². The molecule has 0 radical (unpaired) electrons. The van der Waals surface area contributed by atoms with Crippen LogP contribution in [-0.2, 0) is 7.05 Å². The van der Waals surface area contributed by atoms with Crippen LogP contribution >= 0.6 is 0 Å². The van der Waals surface area contributed by atoms with E-state index in [1.807, 2.05) is 63.6 Å². The molecule has 1 aliphatic heterocycles. The average molecular weight is 448 g/mol. The van der Waals surface area contributed by atoms with E-state index in [0.717, 1.165) is 46.8 Å². The third-order valence-corrected chi connectivity index (χ3v) is 6.51. The number of benzene rings is 2. The first-order valence-corrected chi connectivity index (χ1v) is 11.3. The number of carbonyl (C=O) groups is 1. The van der Waals surface area contributed by atoms with Crippen LogP contribution in [0.1, 0.15) is 34.5 Å². The smallest absolute Gasteiger partial charge is 0.252 e. The Balaban J connectivity index is 1.49. The maximum Gasteiger partial charge on any atom is 0.252 e. The molecule has 7 nitrogen and oxygen atoms in total. The van der Waals surface area contributed by atoms with Gasteiger partial charge in [-0.2, -0.15) is 5.10 Å². The minimum atomic E-state index is -0.167. The van der Waals surface area contributed by atoms with Gasteiger partial charge in [0, 0.05) is 54.8 Å². The van der Waals surface area contributed by atoms with Crippen LogP contribution in [0.15, 0.2) is 48.8 Å². The fraction of sp³-hybridized carbons (Fsp3) is 0.385. The van der Waals surface area contributed by atoms with E-state index in [0.29, 0.717) is 11.6 Å². The number of likely N-dealkylation sites (N-methyl/N-ethyl adjacent to an activating group) is 1. The summed E-state index contributed by atoms with van der Waals surface area (Å²) in [6.45, 7) is 5.94. The molecule has 2 aromatic carbocycles. The third kappa shape index (κ3) is 4.73. The maximum absolute atomic E-state index is 13.2. The van der Waals surface area contributed by atoms with Crippen molar-refractivity contribution >= 4 is 11.6 Å². The number of nitrogens with one attached hydrogen (secondary N) is 1. The molecule has 1 N–H and O–H groups in total. The first kappa shape index (κ1) is 22.9. The number of anilines is 1. The number of rotatable bonds is 7. The van der Waals surface area contributed by atoms with E-state index in [-0.39, 0.29) is 11.9 Å². The second-order valence-electron chi connectivity index (χ2n) is 9.08. The van der Waals surface area contributed by atoms with E-state index in [1.54, 1.807) is 11.8 Å². The number of amides is 1. The maximum atomic E-state index is 13.2. The molecular formula is C26H33N5O2. The van der Waals surface area contributed by atoms with Gasteiger partial charge in [-0.15, -0.1) is 0 Å². The number of hydrogen-bond donors (Lipinski definition) is 1. The molecule has 7 heteroatoms. The molecule has 33 heavy (non-hydrogen) atoms. The summed E-state index contributed by atoms with van der Waals surface area (Å²) in [5, 5.41) is 7.41.